The van der Waals surface area contributed by atoms with Crippen molar-refractivity contribution in [3.63, 3.8) is 0 Å². The molecule has 1 aliphatic rings. The molecular formula is C15H21F3N2O. The third-order valence-electron chi connectivity index (χ3n) is 4.16. The van der Waals surface area contributed by atoms with E-state index in [1.54, 1.807) is 6.07 Å². The van der Waals surface area contributed by atoms with E-state index in [9.17, 15) is 18.3 Å². The van der Waals surface area contributed by atoms with Crippen molar-refractivity contribution < 1.29 is 18.3 Å². The van der Waals surface area contributed by atoms with Crippen LogP contribution in [0.3, 0.4) is 0 Å². The topological polar surface area (TPSA) is 58.3 Å². The van der Waals surface area contributed by atoms with Crippen LogP contribution in [0, 0.1) is 5.92 Å². The Labute approximate surface area is 122 Å². The molecule has 4 N–H and O–H groups in total. The Kier molecular flexibility index (Phi) is 5.24. The van der Waals surface area contributed by atoms with Gasteiger partial charge in [-0.25, -0.2) is 0 Å². The number of aliphatic hydroxyl groups is 1. The fourth-order valence-corrected chi connectivity index (χ4v) is 2.97. The van der Waals surface area contributed by atoms with Gasteiger partial charge >= 0.3 is 6.18 Å². The molecule has 3 unspecified atom stereocenters. The van der Waals surface area contributed by atoms with E-state index in [4.69, 9.17) is 5.73 Å². The van der Waals surface area contributed by atoms with Crippen LogP contribution in [0.15, 0.2) is 24.3 Å². The average molecular weight is 302 g/mol. The summed E-state index contributed by atoms with van der Waals surface area (Å²) in [7, 11) is 0. The van der Waals surface area contributed by atoms with Crippen LogP contribution in [0.5, 0.6) is 0 Å². The van der Waals surface area contributed by atoms with Crippen molar-refractivity contribution >= 4 is 0 Å². The van der Waals surface area contributed by atoms with Gasteiger partial charge in [-0.05, 0) is 36.5 Å². The summed E-state index contributed by atoms with van der Waals surface area (Å²) in [5.41, 5.74) is 5.60. The van der Waals surface area contributed by atoms with E-state index in [1.807, 2.05) is 0 Å². The molecule has 21 heavy (non-hydrogen) atoms. The zero-order valence-electron chi connectivity index (χ0n) is 11.7. The van der Waals surface area contributed by atoms with Crippen LogP contribution in [0.25, 0.3) is 0 Å². The summed E-state index contributed by atoms with van der Waals surface area (Å²) >= 11 is 0. The third kappa shape index (κ3) is 3.96. The number of nitrogens with two attached hydrogens (primary N) is 1. The number of nitrogens with one attached hydrogen (secondary N) is 1. The number of rotatable bonds is 5. The van der Waals surface area contributed by atoms with Gasteiger partial charge in [0, 0.05) is 25.2 Å². The van der Waals surface area contributed by atoms with Crippen LogP contribution in [0.4, 0.5) is 13.2 Å². The summed E-state index contributed by atoms with van der Waals surface area (Å²) in [6, 6.07) is 5.04. The molecule has 6 heteroatoms. The number of aliphatic hydroxyl groups excluding tert-OH is 1. The molecule has 1 aliphatic carbocycles. The lowest BCUT2D eigenvalue weighted by atomic mass is 9.99. The summed E-state index contributed by atoms with van der Waals surface area (Å²) in [6.45, 7) is 0.313. The summed E-state index contributed by atoms with van der Waals surface area (Å²) in [4.78, 5) is 0. The van der Waals surface area contributed by atoms with Crippen molar-refractivity contribution in [3.8, 4) is 0 Å². The van der Waals surface area contributed by atoms with Crippen LogP contribution >= 0.6 is 0 Å². The summed E-state index contributed by atoms with van der Waals surface area (Å²) < 4.78 is 38.3. The fourth-order valence-electron chi connectivity index (χ4n) is 2.97. The minimum Gasteiger partial charge on any atom is -0.396 e. The summed E-state index contributed by atoms with van der Waals surface area (Å²) in [6.07, 6.45) is -1.48. The molecule has 0 aliphatic heterocycles. The van der Waals surface area contributed by atoms with Crippen molar-refractivity contribution in [1.82, 2.24) is 5.32 Å². The second-order valence-electron chi connectivity index (χ2n) is 5.56. The minimum absolute atomic E-state index is 0.0948. The van der Waals surface area contributed by atoms with Crippen molar-refractivity contribution in [3.05, 3.63) is 35.4 Å². The number of hydrogen-bond acceptors (Lipinski definition) is 3. The van der Waals surface area contributed by atoms with E-state index < -0.39 is 11.7 Å². The summed E-state index contributed by atoms with van der Waals surface area (Å²) in [5.74, 6) is 0.157. The van der Waals surface area contributed by atoms with Crippen LogP contribution in [0.1, 0.15) is 36.4 Å². The number of hydrogen-bond donors (Lipinski definition) is 3. The second kappa shape index (κ2) is 6.77. The van der Waals surface area contributed by atoms with Gasteiger partial charge in [-0.2, -0.15) is 13.2 Å². The molecule has 2 rings (SSSR count). The molecule has 0 spiro atoms. The van der Waals surface area contributed by atoms with E-state index in [0.717, 1.165) is 31.4 Å². The first kappa shape index (κ1) is 16.3. The molecule has 0 heterocycles. The lowest BCUT2D eigenvalue weighted by Crippen LogP contribution is -2.39. The maximum Gasteiger partial charge on any atom is 0.416 e. The molecule has 0 amide bonds. The van der Waals surface area contributed by atoms with Crippen molar-refractivity contribution in [2.75, 3.05) is 13.2 Å². The van der Waals surface area contributed by atoms with Crippen LogP contribution in [0.2, 0.25) is 0 Å². The maximum absolute atomic E-state index is 12.8. The van der Waals surface area contributed by atoms with E-state index in [-0.39, 0.29) is 31.2 Å². The predicted molar refractivity (Wildman–Crippen MR) is 74.6 cm³/mol. The van der Waals surface area contributed by atoms with E-state index in [2.05, 4.69) is 5.32 Å². The van der Waals surface area contributed by atoms with Crippen molar-refractivity contribution in [2.45, 2.75) is 37.5 Å². The minimum atomic E-state index is -4.35. The first-order chi connectivity index (χ1) is 9.95. The van der Waals surface area contributed by atoms with Gasteiger partial charge in [-0.1, -0.05) is 18.6 Å². The van der Waals surface area contributed by atoms with Crippen molar-refractivity contribution in [1.29, 1.82) is 0 Å². The highest BCUT2D eigenvalue weighted by atomic mass is 19.4. The molecule has 1 fully saturated rings. The van der Waals surface area contributed by atoms with Gasteiger partial charge in [0.2, 0.25) is 0 Å². The molecule has 1 aromatic rings. The number of benzene rings is 1. The Balaban J connectivity index is 2.14. The van der Waals surface area contributed by atoms with Gasteiger partial charge in [-0.3, -0.25) is 0 Å². The van der Waals surface area contributed by atoms with Crippen LogP contribution in [-0.4, -0.2) is 24.3 Å². The van der Waals surface area contributed by atoms with Crippen LogP contribution in [-0.2, 0) is 6.18 Å². The van der Waals surface area contributed by atoms with E-state index >= 15 is 0 Å². The molecule has 0 bridgehead atoms. The lowest BCUT2D eigenvalue weighted by molar-refractivity contribution is -0.137. The van der Waals surface area contributed by atoms with Gasteiger partial charge in [-0.15, -0.1) is 0 Å². The fraction of sp³-hybridized carbons (Fsp3) is 0.600. The zero-order valence-corrected chi connectivity index (χ0v) is 11.7. The Morgan fingerprint density at radius 3 is 2.71 bits per heavy atom. The van der Waals surface area contributed by atoms with E-state index in [1.165, 1.54) is 6.07 Å². The van der Waals surface area contributed by atoms with Gasteiger partial charge in [0.15, 0.2) is 0 Å². The monoisotopic (exact) mass is 302 g/mol. The van der Waals surface area contributed by atoms with Gasteiger partial charge in [0.05, 0.1) is 5.56 Å². The number of halogens is 3. The largest absolute Gasteiger partial charge is 0.416 e. The molecule has 0 radical (unpaired) electrons. The first-order valence-corrected chi connectivity index (χ1v) is 7.20. The first-order valence-electron chi connectivity index (χ1n) is 7.20. The van der Waals surface area contributed by atoms with Gasteiger partial charge in [0.25, 0.3) is 0 Å². The maximum atomic E-state index is 12.8. The van der Waals surface area contributed by atoms with Gasteiger partial charge < -0.3 is 16.2 Å². The normalized spacial score (nSPS) is 24.2. The smallest absolute Gasteiger partial charge is 0.396 e. The van der Waals surface area contributed by atoms with Gasteiger partial charge in [0.1, 0.15) is 0 Å². The SMILES string of the molecule is NCC(NC1CCCC1CO)c1cccc(C(F)(F)F)c1. The Morgan fingerprint density at radius 1 is 1.33 bits per heavy atom. The van der Waals surface area contributed by atoms with Crippen molar-refractivity contribution in [2.24, 2.45) is 11.7 Å². The molecule has 3 atom stereocenters. The highest BCUT2D eigenvalue weighted by Crippen LogP contribution is 2.32. The molecule has 0 saturated heterocycles. The summed E-state index contributed by atoms with van der Waals surface area (Å²) in [5, 5.41) is 12.6. The highest BCUT2D eigenvalue weighted by Gasteiger charge is 2.32. The Hall–Kier alpha value is -1.11. The highest BCUT2D eigenvalue weighted by molar-refractivity contribution is 5.28. The molecular weight excluding hydrogens is 281 g/mol. The quantitative estimate of drug-likeness (QED) is 0.783. The molecule has 118 valence electrons. The molecule has 3 nitrogen and oxygen atoms in total. The zero-order chi connectivity index (χ0) is 15.5. The Bertz CT molecular complexity index is 464. The Morgan fingerprint density at radius 2 is 2.10 bits per heavy atom. The molecule has 1 saturated carbocycles. The lowest BCUT2D eigenvalue weighted by Gasteiger charge is -2.26. The van der Waals surface area contributed by atoms with E-state index in [0.29, 0.717) is 5.56 Å². The van der Waals surface area contributed by atoms with Crippen LogP contribution < -0.4 is 11.1 Å². The number of alkyl halides is 3. The molecule has 1 aromatic carbocycles. The predicted octanol–water partition coefficient (Wildman–Crippen LogP) is 2.46. The molecule has 0 aromatic heterocycles. The standard InChI is InChI=1S/C15H21F3N2O/c16-15(17,18)12-5-1-3-10(7-12)14(8-19)20-13-6-2-4-11(13)9-21/h1,3,5,7,11,13-14,20-21H,2,4,6,8-9,19H2. The third-order valence-corrected chi connectivity index (χ3v) is 4.16. The average Bonchev–Trinajstić information content (AvgIpc) is 2.91. The second-order valence-corrected chi connectivity index (χ2v) is 5.56.